The molecule has 1 aliphatic heterocycles. The van der Waals surface area contributed by atoms with Gasteiger partial charge in [-0.3, -0.25) is 0 Å². The van der Waals surface area contributed by atoms with Crippen LogP contribution in [0.15, 0.2) is 18.2 Å². The third-order valence-electron chi connectivity index (χ3n) is 3.57. The van der Waals surface area contributed by atoms with Crippen LogP contribution in [0.3, 0.4) is 0 Å². The number of nitrogens with zero attached hydrogens (tertiary/aromatic N) is 3. The van der Waals surface area contributed by atoms with Gasteiger partial charge in [0.25, 0.3) is 0 Å². The topological polar surface area (TPSA) is 50.8 Å². The van der Waals surface area contributed by atoms with E-state index in [0.717, 1.165) is 49.3 Å². The molecule has 0 radical (unpaired) electrons. The number of fused-ring (bicyclic) bond motifs is 1. The van der Waals surface area contributed by atoms with Gasteiger partial charge >= 0.3 is 0 Å². The molecule has 1 unspecified atom stereocenters. The fraction of sp³-hybridized carbons (Fsp3) is 0.467. The van der Waals surface area contributed by atoms with E-state index < -0.39 is 0 Å². The van der Waals surface area contributed by atoms with E-state index in [-0.39, 0.29) is 6.10 Å². The molecule has 2 heterocycles. The molecule has 1 fully saturated rings. The highest BCUT2D eigenvalue weighted by molar-refractivity contribution is 5.77. The van der Waals surface area contributed by atoms with Crippen LogP contribution in [-0.4, -0.2) is 16.2 Å². The zero-order valence-corrected chi connectivity index (χ0v) is 11.1. The predicted octanol–water partition coefficient (Wildman–Crippen LogP) is 3.17. The van der Waals surface area contributed by atoms with Crippen molar-refractivity contribution >= 4 is 11.0 Å². The van der Waals surface area contributed by atoms with E-state index in [9.17, 15) is 0 Å². The summed E-state index contributed by atoms with van der Waals surface area (Å²) >= 11 is 0. The molecular weight excluding hydrogens is 238 g/mol. The predicted molar refractivity (Wildman–Crippen MR) is 72.7 cm³/mol. The summed E-state index contributed by atoms with van der Waals surface area (Å²) in [5, 5.41) is 8.98. The molecule has 0 saturated carbocycles. The Balaban J connectivity index is 2.13. The second kappa shape index (κ2) is 5.02. The van der Waals surface area contributed by atoms with Crippen LogP contribution in [0.25, 0.3) is 11.0 Å². The van der Waals surface area contributed by atoms with E-state index in [4.69, 9.17) is 15.0 Å². The summed E-state index contributed by atoms with van der Waals surface area (Å²) < 4.78 is 8.01. The Morgan fingerprint density at radius 3 is 3.11 bits per heavy atom. The van der Waals surface area contributed by atoms with Gasteiger partial charge in [0.2, 0.25) is 0 Å². The Morgan fingerprint density at radius 1 is 1.53 bits per heavy atom. The van der Waals surface area contributed by atoms with Gasteiger partial charge in [-0.2, -0.15) is 5.26 Å². The zero-order chi connectivity index (χ0) is 13.2. The summed E-state index contributed by atoms with van der Waals surface area (Å²) in [7, 11) is 0. The largest absolute Gasteiger partial charge is 0.370 e. The van der Waals surface area contributed by atoms with Crippen molar-refractivity contribution in [2.75, 3.05) is 6.61 Å². The Bertz CT molecular complexity index is 633. The van der Waals surface area contributed by atoms with Gasteiger partial charge in [-0.1, -0.05) is 6.92 Å². The highest BCUT2D eigenvalue weighted by Crippen LogP contribution is 2.31. The van der Waals surface area contributed by atoms with Crippen molar-refractivity contribution in [3.05, 3.63) is 29.6 Å². The molecule has 3 rings (SSSR count). The zero-order valence-electron chi connectivity index (χ0n) is 11.1. The first-order valence-corrected chi connectivity index (χ1v) is 6.85. The monoisotopic (exact) mass is 255 g/mol. The van der Waals surface area contributed by atoms with Crippen LogP contribution in [0.4, 0.5) is 0 Å². The van der Waals surface area contributed by atoms with E-state index in [1.54, 1.807) is 0 Å². The van der Waals surface area contributed by atoms with E-state index in [0.29, 0.717) is 5.56 Å². The van der Waals surface area contributed by atoms with Crippen molar-refractivity contribution < 1.29 is 4.74 Å². The van der Waals surface area contributed by atoms with Crippen LogP contribution in [0.5, 0.6) is 0 Å². The summed E-state index contributed by atoms with van der Waals surface area (Å²) in [4.78, 5) is 4.71. The number of aryl methyl sites for hydroxylation is 1. The number of hydrogen-bond acceptors (Lipinski definition) is 3. The minimum atomic E-state index is 0.115. The highest BCUT2D eigenvalue weighted by atomic mass is 16.5. The van der Waals surface area contributed by atoms with Crippen molar-refractivity contribution in [3.8, 4) is 6.07 Å². The molecule has 2 aromatic rings. The van der Waals surface area contributed by atoms with Crippen molar-refractivity contribution in [2.45, 2.75) is 38.8 Å². The lowest BCUT2D eigenvalue weighted by Gasteiger charge is -2.12. The van der Waals surface area contributed by atoms with Crippen LogP contribution in [0.2, 0.25) is 0 Å². The maximum absolute atomic E-state index is 8.98. The lowest BCUT2D eigenvalue weighted by Crippen LogP contribution is -2.08. The van der Waals surface area contributed by atoms with E-state index in [1.165, 1.54) is 0 Å². The maximum Gasteiger partial charge on any atom is 0.139 e. The van der Waals surface area contributed by atoms with E-state index in [1.807, 2.05) is 18.2 Å². The summed E-state index contributed by atoms with van der Waals surface area (Å²) in [6, 6.07) is 7.88. The quantitative estimate of drug-likeness (QED) is 0.846. The Labute approximate surface area is 112 Å². The molecule has 98 valence electrons. The van der Waals surface area contributed by atoms with E-state index >= 15 is 0 Å². The number of nitriles is 1. The Kier molecular flexibility index (Phi) is 3.22. The molecule has 0 spiro atoms. The number of ether oxygens (including phenoxy) is 1. The van der Waals surface area contributed by atoms with Crippen LogP contribution in [-0.2, 0) is 11.3 Å². The summed E-state index contributed by atoms with van der Waals surface area (Å²) in [5.74, 6) is 1.02. The first-order valence-electron chi connectivity index (χ1n) is 6.85. The average Bonchev–Trinajstić information content (AvgIpc) is 3.06. The van der Waals surface area contributed by atoms with Gasteiger partial charge < -0.3 is 9.30 Å². The van der Waals surface area contributed by atoms with Gasteiger partial charge in [-0.15, -0.1) is 0 Å². The number of aromatic nitrogens is 2. The molecule has 1 atom stereocenters. The number of hydrogen-bond donors (Lipinski definition) is 0. The molecule has 0 bridgehead atoms. The summed E-state index contributed by atoms with van der Waals surface area (Å²) in [6.07, 6.45) is 3.32. The van der Waals surface area contributed by atoms with Crippen molar-refractivity contribution in [1.82, 2.24) is 9.55 Å². The van der Waals surface area contributed by atoms with Gasteiger partial charge in [0.15, 0.2) is 0 Å². The second-order valence-electron chi connectivity index (χ2n) is 4.94. The fourth-order valence-corrected chi connectivity index (χ4v) is 2.70. The van der Waals surface area contributed by atoms with Crippen LogP contribution in [0, 0.1) is 11.3 Å². The molecule has 4 heteroatoms. The minimum absolute atomic E-state index is 0.115. The highest BCUT2D eigenvalue weighted by Gasteiger charge is 2.24. The van der Waals surface area contributed by atoms with Gasteiger partial charge in [0, 0.05) is 13.2 Å². The van der Waals surface area contributed by atoms with Crippen LogP contribution < -0.4 is 0 Å². The molecule has 0 N–H and O–H groups in total. The lowest BCUT2D eigenvalue weighted by molar-refractivity contribution is 0.102. The van der Waals surface area contributed by atoms with Gasteiger partial charge in [-0.25, -0.2) is 4.98 Å². The number of rotatable bonds is 3. The normalized spacial score (nSPS) is 18.8. The first-order chi connectivity index (χ1) is 9.33. The number of imidazole rings is 1. The third-order valence-corrected chi connectivity index (χ3v) is 3.57. The molecule has 4 nitrogen and oxygen atoms in total. The third kappa shape index (κ3) is 2.11. The van der Waals surface area contributed by atoms with Gasteiger partial charge in [0.1, 0.15) is 11.9 Å². The summed E-state index contributed by atoms with van der Waals surface area (Å²) in [5.41, 5.74) is 2.66. The molecule has 0 aliphatic carbocycles. The standard InChI is InChI=1S/C15H17N3O/c1-2-7-18-13-6-5-11(10-16)9-12(13)17-15(18)14-4-3-8-19-14/h5-6,9,14H,2-4,7-8H2,1H3. The van der Waals surface area contributed by atoms with Crippen molar-refractivity contribution in [1.29, 1.82) is 5.26 Å². The molecule has 1 aliphatic rings. The molecule has 0 amide bonds. The molecule has 1 aromatic carbocycles. The SMILES string of the molecule is CCCn1c(C2CCCO2)nc2cc(C#N)ccc21. The summed E-state index contributed by atoms with van der Waals surface area (Å²) in [6.45, 7) is 3.93. The molecular formula is C15H17N3O. The fourth-order valence-electron chi connectivity index (χ4n) is 2.70. The molecule has 1 saturated heterocycles. The van der Waals surface area contributed by atoms with Gasteiger partial charge in [0.05, 0.1) is 22.7 Å². The Hall–Kier alpha value is -1.86. The Morgan fingerprint density at radius 2 is 2.42 bits per heavy atom. The lowest BCUT2D eigenvalue weighted by atomic mass is 10.2. The molecule has 19 heavy (non-hydrogen) atoms. The van der Waals surface area contributed by atoms with Crippen molar-refractivity contribution in [3.63, 3.8) is 0 Å². The minimum Gasteiger partial charge on any atom is -0.370 e. The van der Waals surface area contributed by atoms with E-state index in [2.05, 4.69) is 17.6 Å². The van der Waals surface area contributed by atoms with Crippen LogP contribution in [0.1, 0.15) is 43.7 Å². The smallest absolute Gasteiger partial charge is 0.139 e. The number of benzene rings is 1. The van der Waals surface area contributed by atoms with Crippen molar-refractivity contribution in [2.24, 2.45) is 0 Å². The van der Waals surface area contributed by atoms with Gasteiger partial charge in [-0.05, 0) is 37.5 Å². The van der Waals surface area contributed by atoms with Crippen LogP contribution >= 0.6 is 0 Å². The maximum atomic E-state index is 8.98. The second-order valence-corrected chi connectivity index (χ2v) is 4.94. The molecule has 1 aromatic heterocycles. The first kappa shape index (κ1) is 12.2. The average molecular weight is 255 g/mol.